The maximum absolute atomic E-state index is 2.44. The van der Waals surface area contributed by atoms with E-state index in [1.54, 1.807) is 0 Å². The van der Waals surface area contributed by atoms with E-state index in [2.05, 4.69) is 186 Å². The van der Waals surface area contributed by atoms with Crippen LogP contribution in [0.2, 0.25) is 0 Å². The van der Waals surface area contributed by atoms with E-state index in [-0.39, 0.29) is 6.04 Å². The zero-order chi connectivity index (χ0) is 30.6. The molecule has 8 aromatic rings. The van der Waals surface area contributed by atoms with Gasteiger partial charge in [-0.15, -0.1) is 0 Å². The lowest BCUT2D eigenvalue weighted by atomic mass is 9.92. The molecule has 1 atom stereocenters. The molecule has 0 N–H and O–H groups in total. The van der Waals surface area contributed by atoms with Gasteiger partial charge in [-0.1, -0.05) is 133 Å². The molecule has 0 spiro atoms. The van der Waals surface area contributed by atoms with Crippen LogP contribution in [0.1, 0.15) is 22.7 Å². The predicted octanol–water partition coefficient (Wildman–Crippen LogP) is 11.2. The van der Waals surface area contributed by atoms with Gasteiger partial charge in [-0.2, -0.15) is 0 Å². The van der Waals surface area contributed by atoms with E-state index in [4.69, 9.17) is 0 Å². The molecular formula is C44H32N2. The van der Waals surface area contributed by atoms with Gasteiger partial charge in [0.25, 0.3) is 0 Å². The fourth-order valence-electron chi connectivity index (χ4n) is 7.40. The molecule has 0 bridgehead atoms. The van der Waals surface area contributed by atoms with Crippen molar-refractivity contribution in [2.45, 2.75) is 6.04 Å². The molecule has 2 nitrogen and oxygen atoms in total. The summed E-state index contributed by atoms with van der Waals surface area (Å²) in [5.41, 5.74) is 9.79. The van der Waals surface area contributed by atoms with E-state index in [1.165, 1.54) is 71.3 Å². The topological polar surface area (TPSA) is 8.17 Å². The van der Waals surface area contributed by atoms with E-state index in [0.717, 1.165) is 5.69 Å². The van der Waals surface area contributed by atoms with Gasteiger partial charge in [-0.05, 0) is 80.2 Å². The Kier molecular flexibility index (Phi) is 6.14. The average Bonchev–Trinajstić information content (AvgIpc) is 3.48. The largest absolute Gasteiger partial charge is 0.364 e. The third-order valence-corrected chi connectivity index (χ3v) is 9.64. The zero-order valence-electron chi connectivity index (χ0n) is 25.6. The Balaban J connectivity index is 1.22. The van der Waals surface area contributed by atoms with Crippen LogP contribution in [-0.2, 0) is 0 Å². The second-order valence-electron chi connectivity index (χ2n) is 12.2. The Hall–Kier alpha value is -5.86. The molecule has 0 aliphatic carbocycles. The molecule has 9 rings (SSSR count). The van der Waals surface area contributed by atoms with Crippen molar-refractivity contribution in [3.63, 3.8) is 0 Å². The summed E-state index contributed by atoms with van der Waals surface area (Å²) in [5.74, 6) is 0. The molecule has 0 saturated carbocycles. The van der Waals surface area contributed by atoms with Crippen LogP contribution in [0, 0.1) is 0 Å². The summed E-state index contributed by atoms with van der Waals surface area (Å²) >= 11 is 0. The molecule has 46 heavy (non-hydrogen) atoms. The highest BCUT2D eigenvalue weighted by Crippen LogP contribution is 2.42. The summed E-state index contributed by atoms with van der Waals surface area (Å²) in [6.07, 6.45) is 4.73. The number of aromatic nitrogens is 1. The van der Waals surface area contributed by atoms with Gasteiger partial charge in [0.15, 0.2) is 0 Å². The van der Waals surface area contributed by atoms with Crippen LogP contribution < -0.4 is 0 Å². The van der Waals surface area contributed by atoms with E-state index in [0.29, 0.717) is 0 Å². The van der Waals surface area contributed by atoms with Crippen molar-refractivity contribution in [3.8, 4) is 5.69 Å². The molecule has 2 heterocycles. The molecule has 1 aromatic heterocycles. The number of allylic oxidation sites excluding steroid dienone is 2. The minimum atomic E-state index is 0.134. The van der Waals surface area contributed by atoms with Crippen molar-refractivity contribution in [3.05, 3.63) is 187 Å². The van der Waals surface area contributed by atoms with Gasteiger partial charge in [0, 0.05) is 29.2 Å². The fourth-order valence-corrected chi connectivity index (χ4v) is 7.40. The van der Waals surface area contributed by atoms with Crippen molar-refractivity contribution in [2.24, 2.45) is 0 Å². The van der Waals surface area contributed by atoms with Crippen molar-refractivity contribution in [1.29, 1.82) is 0 Å². The third-order valence-electron chi connectivity index (χ3n) is 9.64. The van der Waals surface area contributed by atoms with Crippen LogP contribution in [0.15, 0.2) is 170 Å². The molecule has 7 aromatic carbocycles. The molecule has 218 valence electrons. The maximum atomic E-state index is 2.44. The summed E-state index contributed by atoms with van der Waals surface area (Å²) in [7, 11) is 2.20. The van der Waals surface area contributed by atoms with E-state index in [9.17, 15) is 0 Å². The maximum Gasteiger partial charge on any atom is 0.0732 e. The van der Waals surface area contributed by atoms with Crippen LogP contribution in [0.25, 0.3) is 60.3 Å². The Bertz CT molecular complexity index is 2370. The van der Waals surface area contributed by atoms with Crippen LogP contribution in [0.5, 0.6) is 0 Å². The highest BCUT2D eigenvalue weighted by atomic mass is 15.1. The minimum Gasteiger partial charge on any atom is -0.364 e. The molecule has 0 saturated heterocycles. The van der Waals surface area contributed by atoms with Crippen LogP contribution in [-0.4, -0.2) is 16.5 Å². The third kappa shape index (κ3) is 4.18. The van der Waals surface area contributed by atoms with E-state index >= 15 is 0 Å². The minimum absolute atomic E-state index is 0.134. The van der Waals surface area contributed by atoms with Gasteiger partial charge in [-0.25, -0.2) is 0 Å². The zero-order valence-corrected chi connectivity index (χ0v) is 25.6. The van der Waals surface area contributed by atoms with Gasteiger partial charge in [-0.3, -0.25) is 0 Å². The van der Waals surface area contributed by atoms with Gasteiger partial charge >= 0.3 is 0 Å². The smallest absolute Gasteiger partial charge is 0.0732 e. The quantitative estimate of drug-likeness (QED) is 0.199. The fraction of sp³-hybridized carbons (Fsp3) is 0.0455. The Morgan fingerprint density at radius 2 is 1.02 bits per heavy atom. The Morgan fingerprint density at radius 1 is 0.478 bits per heavy atom. The van der Waals surface area contributed by atoms with Crippen molar-refractivity contribution in [1.82, 2.24) is 9.47 Å². The number of nitrogens with zero attached hydrogens (tertiary/aromatic N) is 2. The van der Waals surface area contributed by atoms with Crippen LogP contribution in [0.4, 0.5) is 0 Å². The lowest BCUT2D eigenvalue weighted by Crippen LogP contribution is -2.24. The van der Waals surface area contributed by atoms with Crippen molar-refractivity contribution >= 4 is 54.6 Å². The number of benzene rings is 7. The standard InChI is InChI=1S/C44H32N2/c1-45-41(33-14-4-2-5-15-33)28-35(29-42(45)34-16-6-3-7-17-34)30-20-24-36(25-21-30)46-39-26-22-31-12-8-10-18-37(31)43(39)44-38-19-11-9-13-32(38)23-27-40(44)46/h2-29,41H,1H3. The summed E-state index contributed by atoms with van der Waals surface area (Å²) in [4.78, 5) is 2.38. The summed E-state index contributed by atoms with van der Waals surface area (Å²) < 4.78 is 2.44. The second-order valence-corrected chi connectivity index (χ2v) is 12.2. The molecule has 1 aliphatic rings. The summed E-state index contributed by atoms with van der Waals surface area (Å²) in [6, 6.07) is 57.4. The summed E-state index contributed by atoms with van der Waals surface area (Å²) in [5, 5.41) is 7.74. The molecule has 1 aliphatic heterocycles. The molecular weight excluding hydrogens is 556 g/mol. The van der Waals surface area contributed by atoms with Gasteiger partial charge in [0.1, 0.15) is 0 Å². The second kappa shape index (κ2) is 10.6. The number of fused-ring (bicyclic) bond motifs is 7. The van der Waals surface area contributed by atoms with E-state index < -0.39 is 0 Å². The lowest BCUT2D eigenvalue weighted by Gasteiger charge is -2.35. The molecule has 0 fully saturated rings. The Morgan fingerprint density at radius 3 is 1.63 bits per heavy atom. The number of likely N-dealkylation sites (N-methyl/N-ethyl adjacent to an activating group) is 1. The molecule has 0 amide bonds. The van der Waals surface area contributed by atoms with Crippen molar-refractivity contribution < 1.29 is 0 Å². The first-order valence-electron chi connectivity index (χ1n) is 16.0. The van der Waals surface area contributed by atoms with Crippen molar-refractivity contribution in [2.75, 3.05) is 7.05 Å². The first-order valence-corrected chi connectivity index (χ1v) is 16.0. The number of hydrogen-bond donors (Lipinski definition) is 0. The first-order chi connectivity index (χ1) is 22.7. The van der Waals surface area contributed by atoms with Gasteiger partial charge in [0.05, 0.1) is 17.1 Å². The molecule has 2 heteroatoms. The highest BCUT2D eigenvalue weighted by Gasteiger charge is 2.24. The number of rotatable bonds is 4. The summed E-state index contributed by atoms with van der Waals surface area (Å²) in [6.45, 7) is 0. The van der Waals surface area contributed by atoms with E-state index in [1.807, 2.05) is 0 Å². The average molecular weight is 589 g/mol. The molecule has 1 unspecified atom stereocenters. The normalized spacial score (nSPS) is 15.1. The first kappa shape index (κ1) is 26.5. The molecule has 0 radical (unpaired) electrons. The number of hydrogen-bond acceptors (Lipinski definition) is 1. The van der Waals surface area contributed by atoms with Crippen LogP contribution >= 0.6 is 0 Å². The lowest BCUT2D eigenvalue weighted by molar-refractivity contribution is 0.413. The monoisotopic (exact) mass is 588 g/mol. The highest BCUT2D eigenvalue weighted by molar-refractivity contribution is 6.28. The Labute approximate surface area is 268 Å². The van der Waals surface area contributed by atoms with Crippen LogP contribution in [0.3, 0.4) is 0 Å². The SMILES string of the molecule is CN1C(c2ccccc2)=CC(c2ccc(-n3c4ccc5ccccc5c4c4c5ccccc5ccc43)cc2)=CC1c1ccccc1. The van der Waals surface area contributed by atoms with Gasteiger partial charge < -0.3 is 9.47 Å². The van der Waals surface area contributed by atoms with Gasteiger partial charge in [0.2, 0.25) is 0 Å². The predicted molar refractivity (Wildman–Crippen MR) is 195 cm³/mol.